The third kappa shape index (κ3) is 4.02. The highest BCUT2D eigenvalue weighted by Gasteiger charge is 2.41. The number of aliphatic imine (C=N–C) groups is 1. The van der Waals surface area contributed by atoms with Crippen LogP contribution in [0.1, 0.15) is 31.2 Å². The van der Waals surface area contributed by atoms with Gasteiger partial charge in [0.2, 0.25) is 0 Å². The van der Waals surface area contributed by atoms with Crippen LogP contribution in [0.3, 0.4) is 0 Å². The molecule has 126 valence electrons. The van der Waals surface area contributed by atoms with Crippen molar-refractivity contribution in [2.45, 2.75) is 31.7 Å². The number of halogens is 1. The lowest BCUT2D eigenvalue weighted by atomic mass is 10.1. The fourth-order valence-corrected chi connectivity index (χ4v) is 3.27. The van der Waals surface area contributed by atoms with Gasteiger partial charge >= 0.3 is 0 Å². The molecular weight excluding hydrogens is 293 g/mol. The predicted molar refractivity (Wildman–Crippen MR) is 90.2 cm³/mol. The molecule has 23 heavy (non-hydrogen) atoms. The number of rotatable bonds is 5. The van der Waals surface area contributed by atoms with E-state index in [-0.39, 0.29) is 17.8 Å². The van der Waals surface area contributed by atoms with E-state index in [0.29, 0.717) is 5.92 Å². The summed E-state index contributed by atoms with van der Waals surface area (Å²) < 4.78 is 19.3. The highest BCUT2D eigenvalue weighted by atomic mass is 19.1. The molecule has 0 spiro atoms. The molecule has 0 aromatic heterocycles. The highest BCUT2D eigenvalue weighted by Crippen LogP contribution is 2.41. The molecule has 1 aromatic rings. The van der Waals surface area contributed by atoms with E-state index in [4.69, 9.17) is 4.74 Å². The van der Waals surface area contributed by atoms with Gasteiger partial charge in [0, 0.05) is 44.6 Å². The molecule has 2 aliphatic rings. The van der Waals surface area contributed by atoms with E-state index in [9.17, 15) is 4.39 Å². The van der Waals surface area contributed by atoms with Crippen LogP contribution in [0.5, 0.6) is 0 Å². The fraction of sp³-hybridized carbons (Fsp3) is 0.611. The first-order valence-electron chi connectivity index (χ1n) is 8.53. The normalized spacial score (nSPS) is 27.1. The first-order valence-corrected chi connectivity index (χ1v) is 8.53. The molecule has 0 radical (unpaired) electrons. The Hall–Kier alpha value is -1.62. The largest absolute Gasteiger partial charge is 0.381 e. The van der Waals surface area contributed by atoms with Crippen molar-refractivity contribution in [3.8, 4) is 0 Å². The Morgan fingerprint density at radius 2 is 2.26 bits per heavy atom. The zero-order valence-corrected chi connectivity index (χ0v) is 14.0. The smallest absolute Gasteiger partial charge is 0.193 e. The van der Waals surface area contributed by atoms with Gasteiger partial charge < -0.3 is 15.0 Å². The summed E-state index contributed by atoms with van der Waals surface area (Å²) in [5, 5.41) is 3.51. The van der Waals surface area contributed by atoms with Crippen molar-refractivity contribution in [3.05, 3.63) is 35.6 Å². The van der Waals surface area contributed by atoms with E-state index < -0.39 is 0 Å². The Balaban J connectivity index is 1.58. The van der Waals surface area contributed by atoms with Gasteiger partial charge in [0.15, 0.2) is 5.96 Å². The summed E-state index contributed by atoms with van der Waals surface area (Å²) in [6.45, 7) is 5.43. The quantitative estimate of drug-likeness (QED) is 0.669. The van der Waals surface area contributed by atoms with Crippen molar-refractivity contribution in [2.24, 2.45) is 10.9 Å². The molecule has 3 rings (SSSR count). The minimum atomic E-state index is -0.104. The van der Waals surface area contributed by atoms with Gasteiger partial charge in [-0.2, -0.15) is 0 Å². The molecule has 1 aliphatic carbocycles. The number of hydrogen-bond acceptors (Lipinski definition) is 2. The van der Waals surface area contributed by atoms with Gasteiger partial charge in [0.05, 0.1) is 6.61 Å². The maximum absolute atomic E-state index is 13.9. The van der Waals surface area contributed by atoms with Crippen LogP contribution in [0.15, 0.2) is 29.3 Å². The Morgan fingerprint density at radius 3 is 2.96 bits per heavy atom. The Kier molecular flexibility index (Phi) is 5.16. The number of hydrogen-bond donors (Lipinski definition) is 1. The Labute approximate surface area is 137 Å². The second-order valence-electron chi connectivity index (χ2n) is 6.52. The van der Waals surface area contributed by atoms with Gasteiger partial charge in [-0.1, -0.05) is 18.2 Å². The number of guanidine groups is 1. The minimum Gasteiger partial charge on any atom is -0.381 e. The molecule has 4 nitrogen and oxygen atoms in total. The molecule has 3 atom stereocenters. The molecule has 3 unspecified atom stereocenters. The summed E-state index contributed by atoms with van der Waals surface area (Å²) >= 11 is 0. The summed E-state index contributed by atoms with van der Waals surface area (Å²) in [4.78, 5) is 6.77. The monoisotopic (exact) mass is 319 g/mol. The highest BCUT2D eigenvalue weighted by molar-refractivity contribution is 5.80. The summed E-state index contributed by atoms with van der Waals surface area (Å²) in [6, 6.07) is 7.35. The average Bonchev–Trinajstić information content (AvgIpc) is 3.10. The van der Waals surface area contributed by atoms with Crippen LogP contribution in [0.4, 0.5) is 4.39 Å². The molecule has 1 saturated carbocycles. The van der Waals surface area contributed by atoms with Crippen LogP contribution >= 0.6 is 0 Å². The third-order valence-corrected chi connectivity index (χ3v) is 4.64. The molecule has 1 heterocycles. The topological polar surface area (TPSA) is 36.9 Å². The van der Waals surface area contributed by atoms with Crippen molar-refractivity contribution < 1.29 is 9.13 Å². The molecular formula is C18H26FN3O. The van der Waals surface area contributed by atoms with Crippen molar-refractivity contribution in [1.29, 1.82) is 0 Å². The lowest BCUT2D eigenvalue weighted by Gasteiger charge is -2.25. The first-order chi connectivity index (χ1) is 11.2. The van der Waals surface area contributed by atoms with Crippen LogP contribution < -0.4 is 5.32 Å². The lowest BCUT2D eigenvalue weighted by Crippen LogP contribution is -2.43. The summed E-state index contributed by atoms with van der Waals surface area (Å²) in [5.41, 5.74) is 0.813. The van der Waals surface area contributed by atoms with E-state index >= 15 is 0 Å². The maximum Gasteiger partial charge on any atom is 0.193 e. The molecule has 5 heteroatoms. The lowest BCUT2D eigenvalue weighted by molar-refractivity contribution is 0.181. The van der Waals surface area contributed by atoms with E-state index in [2.05, 4.69) is 22.3 Å². The third-order valence-electron chi connectivity index (χ3n) is 4.64. The molecule has 1 N–H and O–H groups in total. The van der Waals surface area contributed by atoms with Gasteiger partial charge in [-0.05, 0) is 31.4 Å². The minimum absolute atomic E-state index is 0.104. The van der Waals surface area contributed by atoms with E-state index in [0.717, 1.165) is 50.7 Å². The first kappa shape index (κ1) is 16.2. The van der Waals surface area contributed by atoms with Crippen molar-refractivity contribution >= 4 is 5.96 Å². The number of nitrogens with one attached hydrogen (secondary N) is 1. The van der Waals surface area contributed by atoms with Crippen LogP contribution in [0.25, 0.3) is 0 Å². The summed E-state index contributed by atoms with van der Waals surface area (Å²) in [7, 11) is 2.07. The van der Waals surface area contributed by atoms with Gasteiger partial charge in [0.25, 0.3) is 0 Å². The van der Waals surface area contributed by atoms with Crippen molar-refractivity contribution in [2.75, 3.05) is 33.4 Å². The second-order valence-corrected chi connectivity index (χ2v) is 6.52. The van der Waals surface area contributed by atoms with Crippen molar-refractivity contribution in [3.63, 3.8) is 0 Å². The van der Waals surface area contributed by atoms with E-state index in [1.54, 1.807) is 6.07 Å². The zero-order chi connectivity index (χ0) is 16.2. The number of ether oxygens (including phenoxy) is 1. The Bertz CT molecular complexity index is 557. The number of nitrogens with zero attached hydrogens (tertiary/aromatic N) is 2. The van der Waals surface area contributed by atoms with Crippen LogP contribution in [-0.2, 0) is 4.74 Å². The van der Waals surface area contributed by atoms with Crippen LogP contribution in [0.2, 0.25) is 0 Å². The van der Waals surface area contributed by atoms with Crippen LogP contribution in [-0.4, -0.2) is 50.3 Å². The summed E-state index contributed by atoms with van der Waals surface area (Å²) in [5.74, 6) is 1.64. The Morgan fingerprint density at radius 1 is 1.43 bits per heavy atom. The summed E-state index contributed by atoms with van der Waals surface area (Å²) in [6.07, 6.45) is 2.08. The fourth-order valence-electron chi connectivity index (χ4n) is 3.27. The second kappa shape index (κ2) is 7.30. The van der Waals surface area contributed by atoms with Gasteiger partial charge in [-0.15, -0.1) is 0 Å². The van der Waals surface area contributed by atoms with Gasteiger partial charge in [-0.3, -0.25) is 4.99 Å². The molecule has 1 aliphatic heterocycles. The predicted octanol–water partition coefficient (Wildman–Crippen LogP) is 2.62. The number of benzene rings is 1. The molecule has 1 saturated heterocycles. The molecule has 2 fully saturated rings. The molecule has 0 amide bonds. The van der Waals surface area contributed by atoms with Crippen LogP contribution in [0, 0.1) is 11.7 Å². The SMILES string of the molecule is CCN=C(NC1CC1c1ccccc1F)N(C)CC1CCOC1. The van der Waals surface area contributed by atoms with E-state index in [1.807, 2.05) is 19.1 Å². The molecule has 0 bridgehead atoms. The van der Waals surface area contributed by atoms with E-state index in [1.165, 1.54) is 6.07 Å². The standard InChI is InChI=1S/C18H26FN3O/c1-3-20-18(22(2)11-13-8-9-23-12-13)21-17-10-15(17)14-6-4-5-7-16(14)19/h4-7,13,15,17H,3,8-12H2,1-2H3,(H,20,21). The van der Waals surface area contributed by atoms with Gasteiger partial charge in [-0.25, -0.2) is 4.39 Å². The maximum atomic E-state index is 13.9. The average molecular weight is 319 g/mol. The van der Waals surface area contributed by atoms with Gasteiger partial charge in [0.1, 0.15) is 5.82 Å². The zero-order valence-electron chi connectivity index (χ0n) is 14.0. The van der Waals surface area contributed by atoms with Crippen molar-refractivity contribution in [1.82, 2.24) is 10.2 Å². The molecule has 1 aromatic carbocycles.